The molecule has 0 bridgehead atoms. The first-order valence-corrected chi connectivity index (χ1v) is 8.86. The molecule has 4 N–H and O–H groups in total. The lowest BCUT2D eigenvalue weighted by Gasteiger charge is -2.18. The number of benzene rings is 2. The minimum absolute atomic E-state index is 0.0170. The van der Waals surface area contributed by atoms with Crippen LogP contribution in [0.4, 0.5) is 30.4 Å². The third-order valence-electron chi connectivity index (χ3n) is 4.77. The highest BCUT2D eigenvalue weighted by molar-refractivity contribution is 5.76. The van der Waals surface area contributed by atoms with Crippen molar-refractivity contribution < 1.29 is 18.3 Å². The lowest BCUT2D eigenvalue weighted by Crippen LogP contribution is -2.07. The van der Waals surface area contributed by atoms with Gasteiger partial charge in [0, 0.05) is 29.4 Å². The molecule has 8 heteroatoms. The highest BCUT2D eigenvalue weighted by Crippen LogP contribution is 2.35. The van der Waals surface area contributed by atoms with Crippen molar-refractivity contribution in [1.82, 2.24) is 9.97 Å². The van der Waals surface area contributed by atoms with Crippen molar-refractivity contribution >= 4 is 17.2 Å². The van der Waals surface area contributed by atoms with E-state index < -0.39 is 11.7 Å². The minimum Gasteiger partial charge on any atom is -0.512 e. The Bertz CT molecular complexity index is 1110. The molecule has 1 heterocycles. The van der Waals surface area contributed by atoms with Gasteiger partial charge in [-0.2, -0.15) is 13.2 Å². The van der Waals surface area contributed by atoms with Crippen LogP contribution in [0.25, 0.3) is 11.3 Å². The highest BCUT2D eigenvalue weighted by atomic mass is 19.4. The fourth-order valence-electron chi connectivity index (χ4n) is 3.32. The first kappa shape index (κ1) is 18.8. The van der Waals surface area contributed by atoms with Gasteiger partial charge in [0.1, 0.15) is 12.1 Å². The van der Waals surface area contributed by atoms with Gasteiger partial charge < -0.3 is 16.2 Å². The summed E-state index contributed by atoms with van der Waals surface area (Å²) in [6.07, 6.45) is -0.294. The molecule has 1 aliphatic rings. The molecule has 0 saturated carbocycles. The van der Waals surface area contributed by atoms with Crippen molar-refractivity contribution in [3.05, 3.63) is 77.3 Å². The molecule has 148 valence electrons. The Hall–Kier alpha value is -3.55. The fourth-order valence-corrected chi connectivity index (χ4v) is 3.32. The van der Waals surface area contributed by atoms with Crippen LogP contribution in [0.3, 0.4) is 0 Å². The Labute approximate surface area is 164 Å². The largest absolute Gasteiger partial charge is 0.512 e. The van der Waals surface area contributed by atoms with Crippen LogP contribution in [0.5, 0.6) is 0 Å². The van der Waals surface area contributed by atoms with Crippen molar-refractivity contribution in [3.8, 4) is 11.3 Å². The molecule has 5 nitrogen and oxygen atoms in total. The van der Waals surface area contributed by atoms with E-state index in [1.807, 2.05) is 18.2 Å². The van der Waals surface area contributed by atoms with Crippen molar-refractivity contribution in [2.24, 2.45) is 0 Å². The number of aromatic nitrogens is 2. The van der Waals surface area contributed by atoms with Gasteiger partial charge >= 0.3 is 6.18 Å². The van der Waals surface area contributed by atoms with Gasteiger partial charge in [0.25, 0.3) is 0 Å². The summed E-state index contributed by atoms with van der Waals surface area (Å²) in [5.74, 6) is 0.782. The van der Waals surface area contributed by atoms with E-state index in [9.17, 15) is 18.3 Å². The van der Waals surface area contributed by atoms with E-state index in [0.29, 0.717) is 35.7 Å². The average Bonchev–Trinajstić information content (AvgIpc) is 2.68. The van der Waals surface area contributed by atoms with Crippen LogP contribution in [-0.2, 0) is 19.0 Å². The van der Waals surface area contributed by atoms with Gasteiger partial charge in [0.2, 0.25) is 0 Å². The molecular formula is C21H17F3N4O. The summed E-state index contributed by atoms with van der Waals surface area (Å²) in [5, 5.41) is 13.1. The second kappa shape index (κ2) is 7.12. The lowest BCUT2D eigenvalue weighted by molar-refractivity contribution is -0.137. The number of rotatable bonds is 3. The van der Waals surface area contributed by atoms with Gasteiger partial charge in [-0.15, -0.1) is 0 Å². The van der Waals surface area contributed by atoms with Gasteiger partial charge in [-0.05, 0) is 41.8 Å². The molecule has 0 radical (unpaired) electrons. The molecule has 3 aromatic rings. The molecular weight excluding hydrogens is 381 g/mol. The molecule has 0 fully saturated rings. The molecule has 0 atom stereocenters. The summed E-state index contributed by atoms with van der Waals surface area (Å²) in [6, 6.07) is 10.6. The number of anilines is 3. The van der Waals surface area contributed by atoms with Crippen LogP contribution in [-0.4, -0.2) is 15.1 Å². The predicted octanol–water partition coefficient (Wildman–Crippen LogP) is 5.03. The summed E-state index contributed by atoms with van der Waals surface area (Å²) in [6.45, 7) is 0. The number of aliphatic hydroxyl groups excluding tert-OH is 1. The second-order valence-corrected chi connectivity index (χ2v) is 6.73. The number of nitrogens with zero attached hydrogens (tertiary/aromatic N) is 2. The number of allylic oxidation sites excluding steroid dienone is 2. The maximum atomic E-state index is 12.9. The molecule has 0 spiro atoms. The SMILES string of the molecule is Nc1cc(C(F)(F)F)ccc1-c1cc(Nc2cccc3c2CC(O)=CC3)ncn1. The minimum atomic E-state index is -4.46. The molecule has 0 aliphatic heterocycles. The molecule has 4 rings (SSSR count). The number of aliphatic hydroxyl groups is 1. The van der Waals surface area contributed by atoms with Crippen LogP contribution in [0.1, 0.15) is 16.7 Å². The van der Waals surface area contributed by atoms with Gasteiger partial charge in [0.15, 0.2) is 0 Å². The fraction of sp³-hybridized carbons (Fsp3) is 0.143. The molecule has 0 saturated heterocycles. The van der Waals surface area contributed by atoms with Gasteiger partial charge in [-0.25, -0.2) is 9.97 Å². The number of alkyl halides is 3. The summed E-state index contributed by atoms with van der Waals surface area (Å²) < 4.78 is 38.6. The topological polar surface area (TPSA) is 84.1 Å². The van der Waals surface area contributed by atoms with Gasteiger partial charge in [-0.1, -0.05) is 18.2 Å². The van der Waals surface area contributed by atoms with E-state index in [2.05, 4.69) is 15.3 Å². The van der Waals surface area contributed by atoms with Crippen LogP contribution in [0.15, 0.2) is 60.6 Å². The number of nitrogen functional groups attached to an aromatic ring is 1. The average molecular weight is 398 g/mol. The van der Waals surface area contributed by atoms with Crippen molar-refractivity contribution in [2.75, 3.05) is 11.1 Å². The van der Waals surface area contributed by atoms with Crippen LogP contribution in [0.2, 0.25) is 0 Å². The number of hydrogen-bond donors (Lipinski definition) is 3. The van der Waals surface area contributed by atoms with E-state index in [1.54, 1.807) is 12.1 Å². The standard InChI is InChI=1S/C21H17F3N4O/c22-21(23,24)13-5-7-15(17(25)8-13)19-10-20(27-11-26-19)28-18-3-1-2-12-4-6-14(29)9-16(12)18/h1-3,5-8,10-11,29H,4,9,25H2,(H,26,27,28). The zero-order valence-electron chi connectivity index (χ0n) is 15.2. The van der Waals surface area contributed by atoms with Crippen molar-refractivity contribution in [3.63, 3.8) is 0 Å². The Kier molecular flexibility index (Phi) is 4.62. The summed E-state index contributed by atoms with van der Waals surface area (Å²) in [5.41, 5.74) is 8.69. The van der Waals surface area contributed by atoms with Crippen LogP contribution >= 0.6 is 0 Å². The van der Waals surface area contributed by atoms with E-state index in [4.69, 9.17) is 5.73 Å². The van der Waals surface area contributed by atoms with Gasteiger partial charge in [-0.3, -0.25) is 0 Å². The van der Waals surface area contributed by atoms with E-state index >= 15 is 0 Å². The number of fused-ring (bicyclic) bond motifs is 1. The Balaban J connectivity index is 1.65. The predicted molar refractivity (Wildman–Crippen MR) is 105 cm³/mol. The normalized spacial score (nSPS) is 13.6. The van der Waals surface area contributed by atoms with Gasteiger partial charge in [0.05, 0.1) is 17.0 Å². The molecule has 0 unspecified atom stereocenters. The monoisotopic (exact) mass is 398 g/mol. The maximum absolute atomic E-state index is 12.9. The van der Waals surface area contributed by atoms with Crippen molar-refractivity contribution in [2.45, 2.75) is 19.0 Å². The summed E-state index contributed by atoms with van der Waals surface area (Å²) in [7, 11) is 0. The number of nitrogens with one attached hydrogen (secondary N) is 1. The highest BCUT2D eigenvalue weighted by Gasteiger charge is 2.31. The number of halogens is 3. The Morgan fingerprint density at radius 2 is 1.90 bits per heavy atom. The maximum Gasteiger partial charge on any atom is 0.416 e. The molecule has 29 heavy (non-hydrogen) atoms. The van der Waals surface area contributed by atoms with Crippen LogP contribution < -0.4 is 11.1 Å². The van der Waals surface area contributed by atoms with E-state index in [1.165, 1.54) is 12.4 Å². The Morgan fingerprint density at radius 1 is 1.07 bits per heavy atom. The smallest absolute Gasteiger partial charge is 0.416 e. The molecule has 2 aromatic carbocycles. The van der Waals surface area contributed by atoms with Crippen molar-refractivity contribution in [1.29, 1.82) is 0 Å². The molecule has 1 aromatic heterocycles. The molecule has 1 aliphatic carbocycles. The first-order valence-electron chi connectivity index (χ1n) is 8.86. The van der Waals surface area contributed by atoms with Crippen LogP contribution in [0, 0.1) is 0 Å². The number of hydrogen-bond acceptors (Lipinski definition) is 5. The quantitative estimate of drug-likeness (QED) is 0.539. The third kappa shape index (κ3) is 3.87. The van der Waals surface area contributed by atoms with E-state index in [0.717, 1.165) is 28.9 Å². The lowest BCUT2D eigenvalue weighted by atomic mass is 9.94. The Morgan fingerprint density at radius 3 is 2.66 bits per heavy atom. The second-order valence-electron chi connectivity index (χ2n) is 6.73. The third-order valence-corrected chi connectivity index (χ3v) is 4.77. The molecule has 0 amide bonds. The zero-order chi connectivity index (χ0) is 20.6. The van der Waals surface area contributed by atoms with E-state index in [-0.39, 0.29) is 5.69 Å². The first-order chi connectivity index (χ1) is 13.8. The zero-order valence-corrected chi connectivity index (χ0v) is 15.2. The number of nitrogens with two attached hydrogens (primary N) is 1. The summed E-state index contributed by atoms with van der Waals surface area (Å²) >= 11 is 0. The summed E-state index contributed by atoms with van der Waals surface area (Å²) in [4.78, 5) is 8.34.